The molecular weight excluding hydrogens is 226 g/mol. The fourth-order valence-corrected chi connectivity index (χ4v) is 1.89. The van der Waals surface area contributed by atoms with E-state index in [1.165, 1.54) is 11.1 Å². The van der Waals surface area contributed by atoms with Gasteiger partial charge in [-0.2, -0.15) is 0 Å². The lowest BCUT2D eigenvalue weighted by atomic mass is 10.1. The van der Waals surface area contributed by atoms with Gasteiger partial charge in [0.05, 0.1) is 6.61 Å². The number of rotatable bonds is 6. The van der Waals surface area contributed by atoms with Crippen molar-refractivity contribution in [2.24, 2.45) is 0 Å². The van der Waals surface area contributed by atoms with Crippen molar-refractivity contribution in [3.63, 3.8) is 0 Å². The van der Waals surface area contributed by atoms with Crippen molar-refractivity contribution < 1.29 is 9.53 Å². The number of aryl methyl sites for hydroxylation is 2. The molecule has 1 aromatic carbocycles. The van der Waals surface area contributed by atoms with Crippen LogP contribution in [0.15, 0.2) is 18.2 Å². The van der Waals surface area contributed by atoms with E-state index in [4.69, 9.17) is 4.74 Å². The number of benzene rings is 1. The number of ether oxygens (including phenoxy) is 1. The smallest absolute Gasteiger partial charge is 0.325 e. The minimum absolute atomic E-state index is 0.161. The summed E-state index contributed by atoms with van der Waals surface area (Å²) in [7, 11) is 1.92. The Hall–Kier alpha value is -1.51. The average molecular weight is 249 g/mol. The van der Waals surface area contributed by atoms with E-state index in [1.54, 1.807) is 0 Å². The van der Waals surface area contributed by atoms with Gasteiger partial charge in [-0.25, -0.2) is 0 Å². The predicted octanol–water partition coefficient (Wildman–Crippen LogP) is 3.08. The van der Waals surface area contributed by atoms with Gasteiger partial charge in [0, 0.05) is 12.7 Å². The number of unbranched alkanes of at least 4 members (excludes halogenated alkanes) is 1. The molecule has 0 aliphatic heterocycles. The number of hydrogen-bond acceptors (Lipinski definition) is 3. The van der Waals surface area contributed by atoms with Crippen molar-refractivity contribution in [3.8, 4) is 0 Å². The molecule has 0 atom stereocenters. The molecule has 100 valence electrons. The number of likely N-dealkylation sites (N-methyl/N-ethyl adjacent to an activating group) is 1. The largest absolute Gasteiger partial charge is 0.464 e. The van der Waals surface area contributed by atoms with Crippen LogP contribution in [0.5, 0.6) is 0 Å². The summed E-state index contributed by atoms with van der Waals surface area (Å²) < 4.78 is 5.16. The molecule has 0 aliphatic rings. The van der Waals surface area contributed by atoms with Gasteiger partial charge in [-0.15, -0.1) is 0 Å². The molecule has 1 rings (SSSR count). The Kier molecular flexibility index (Phi) is 5.69. The van der Waals surface area contributed by atoms with Gasteiger partial charge in [0.25, 0.3) is 0 Å². The molecule has 0 saturated carbocycles. The van der Waals surface area contributed by atoms with Crippen LogP contribution in [-0.4, -0.2) is 26.2 Å². The van der Waals surface area contributed by atoms with Crippen molar-refractivity contribution in [2.75, 3.05) is 25.1 Å². The normalized spacial score (nSPS) is 10.2. The number of hydrogen-bond donors (Lipinski definition) is 0. The molecule has 3 nitrogen and oxygen atoms in total. The summed E-state index contributed by atoms with van der Waals surface area (Å²) in [6.07, 6.45) is 1.97. The van der Waals surface area contributed by atoms with Crippen LogP contribution >= 0.6 is 0 Å². The highest BCUT2D eigenvalue weighted by molar-refractivity contribution is 5.76. The van der Waals surface area contributed by atoms with E-state index in [9.17, 15) is 4.79 Å². The van der Waals surface area contributed by atoms with Gasteiger partial charge in [-0.05, 0) is 31.9 Å². The summed E-state index contributed by atoms with van der Waals surface area (Å²) in [5.74, 6) is -0.161. The summed E-state index contributed by atoms with van der Waals surface area (Å²) >= 11 is 0. The van der Waals surface area contributed by atoms with Crippen molar-refractivity contribution in [1.29, 1.82) is 0 Å². The van der Waals surface area contributed by atoms with Gasteiger partial charge in [0.1, 0.15) is 6.54 Å². The molecule has 0 bridgehead atoms. The minimum Gasteiger partial charge on any atom is -0.464 e. The Balaban J connectivity index is 2.54. The molecule has 0 fully saturated rings. The van der Waals surface area contributed by atoms with Gasteiger partial charge < -0.3 is 9.64 Å². The molecule has 0 aliphatic carbocycles. The zero-order valence-corrected chi connectivity index (χ0v) is 11.8. The van der Waals surface area contributed by atoms with Gasteiger partial charge in [0.2, 0.25) is 0 Å². The maximum atomic E-state index is 11.6. The number of carbonyl (C=O) groups excluding carboxylic acids is 1. The van der Waals surface area contributed by atoms with Crippen LogP contribution in [0.4, 0.5) is 5.69 Å². The monoisotopic (exact) mass is 249 g/mol. The van der Waals surface area contributed by atoms with Gasteiger partial charge >= 0.3 is 5.97 Å². The topological polar surface area (TPSA) is 29.5 Å². The Labute approximate surface area is 110 Å². The number of nitrogens with zero attached hydrogens (tertiary/aromatic N) is 1. The molecule has 0 radical (unpaired) electrons. The van der Waals surface area contributed by atoms with Crippen molar-refractivity contribution in [1.82, 2.24) is 0 Å². The number of carbonyl (C=O) groups is 1. The lowest BCUT2D eigenvalue weighted by Gasteiger charge is -2.20. The quantitative estimate of drug-likeness (QED) is 0.573. The summed E-state index contributed by atoms with van der Waals surface area (Å²) in [6.45, 7) is 7.02. The Bertz CT molecular complexity index is 401. The first-order valence-corrected chi connectivity index (χ1v) is 6.48. The highest BCUT2D eigenvalue weighted by Crippen LogP contribution is 2.19. The van der Waals surface area contributed by atoms with E-state index in [2.05, 4.69) is 32.9 Å². The summed E-state index contributed by atoms with van der Waals surface area (Å²) in [5.41, 5.74) is 3.49. The van der Waals surface area contributed by atoms with E-state index in [0.29, 0.717) is 13.2 Å². The zero-order chi connectivity index (χ0) is 13.5. The first kappa shape index (κ1) is 14.6. The summed E-state index contributed by atoms with van der Waals surface area (Å²) in [4.78, 5) is 13.5. The summed E-state index contributed by atoms with van der Waals surface area (Å²) in [5, 5.41) is 0. The maximum Gasteiger partial charge on any atom is 0.325 e. The third kappa shape index (κ3) is 4.40. The van der Waals surface area contributed by atoms with Crippen LogP contribution in [0, 0.1) is 13.8 Å². The van der Waals surface area contributed by atoms with Crippen molar-refractivity contribution >= 4 is 11.7 Å². The third-order valence-electron chi connectivity index (χ3n) is 2.89. The Morgan fingerprint density at radius 2 is 2.06 bits per heavy atom. The molecular formula is C15H23NO2. The minimum atomic E-state index is -0.161. The highest BCUT2D eigenvalue weighted by atomic mass is 16.5. The van der Waals surface area contributed by atoms with E-state index < -0.39 is 0 Å². The van der Waals surface area contributed by atoms with Crippen LogP contribution in [0.25, 0.3) is 0 Å². The van der Waals surface area contributed by atoms with Gasteiger partial charge in [-0.3, -0.25) is 4.79 Å². The highest BCUT2D eigenvalue weighted by Gasteiger charge is 2.10. The Morgan fingerprint density at radius 1 is 1.33 bits per heavy atom. The predicted molar refractivity (Wildman–Crippen MR) is 75.1 cm³/mol. The second-order valence-corrected chi connectivity index (χ2v) is 4.72. The zero-order valence-electron chi connectivity index (χ0n) is 11.8. The van der Waals surface area contributed by atoms with E-state index >= 15 is 0 Å². The fraction of sp³-hybridized carbons (Fsp3) is 0.533. The molecule has 0 saturated heterocycles. The average Bonchev–Trinajstić information content (AvgIpc) is 2.28. The molecule has 0 spiro atoms. The molecule has 0 amide bonds. The van der Waals surface area contributed by atoms with Crippen LogP contribution in [0.3, 0.4) is 0 Å². The Morgan fingerprint density at radius 3 is 2.67 bits per heavy atom. The fourth-order valence-electron chi connectivity index (χ4n) is 1.89. The SMILES string of the molecule is CCCCOC(=O)CN(C)c1ccc(C)cc1C. The molecule has 0 aromatic heterocycles. The van der Waals surface area contributed by atoms with Crippen molar-refractivity contribution in [2.45, 2.75) is 33.6 Å². The standard InChI is InChI=1S/C15H23NO2/c1-5-6-9-18-15(17)11-16(4)14-8-7-12(2)10-13(14)3/h7-8,10H,5-6,9,11H2,1-4H3. The second-order valence-electron chi connectivity index (χ2n) is 4.72. The first-order valence-electron chi connectivity index (χ1n) is 6.48. The lowest BCUT2D eigenvalue weighted by Crippen LogP contribution is -2.27. The summed E-state index contributed by atoms with van der Waals surface area (Å²) in [6, 6.07) is 6.22. The van der Waals surface area contributed by atoms with Crippen LogP contribution in [-0.2, 0) is 9.53 Å². The van der Waals surface area contributed by atoms with Gasteiger partial charge in [-0.1, -0.05) is 31.0 Å². The second kappa shape index (κ2) is 7.04. The lowest BCUT2D eigenvalue weighted by molar-refractivity contribution is -0.142. The van der Waals surface area contributed by atoms with E-state index in [-0.39, 0.29) is 5.97 Å². The molecule has 0 unspecified atom stereocenters. The number of esters is 1. The first-order chi connectivity index (χ1) is 8.54. The van der Waals surface area contributed by atoms with Crippen molar-refractivity contribution in [3.05, 3.63) is 29.3 Å². The van der Waals surface area contributed by atoms with Gasteiger partial charge in [0.15, 0.2) is 0 Å². The van der Waals surface area contributed by atoms with Crippen LogP contribution in [0.1, 0.15) is 30.9 Å². The molecule has 3 heteroatoms. The molecule has 18 heavy (non-hydrogen) atoms. The molecule has 0 N–H and O–H groups in total. The van der Waals surface area contributed by atoms with E-state index in [1.807, 2.05) is 18.0 Å². The maximum absolute atomic E-state index is 11.6. The molecule has 0 heterocycles. The third-order valence-corrected chi connectivity index (χ3v) is 2.89. The van der Waals surface area contributed by atoms with E-state index in [0.717, 1.165) is 18.5 Å². The molecule has 1 aromatic rings. The van der Waals surface area contributed by atoms with Crippen LogP contribution < -0.4 is 4.90 Å². The number of anilines is 1. The van der Waals surface area contributed by atoms with Crippen LogP contribution in [0.2, 0.25) is 0 Å².